The Morgan fingerprint density at radius 2 is 2.20 bits per heavy atom. The molecule has 110 valence electrons. The van der Waals surface area contributed by atoms with Crippen molar-refractivity contribution in [1.82, 2.24) is 15.1 Å². The third-order valence-electron chi connectivity index (χ3n) is 3.59. The van der Waals surface area contributed by atoms with E-state index in [1.807, 2.05) is 13.8 Å². The number of likely N-dealkylation sites (tertiary alicyclic amines) is 1. The zero-order chi connectivity index (χ0) is 14.6. The number of carbonyl (C=O) groups excluding carboxylic acids is 1. The molecule has 1 aliphatic heterocycles. The summed E-state index contributed by atoms with van der Waals surface area (Å²) in [6, 6.07) is 3.45. The van der Waals surface area contributed by atoms with Gasteiger partial charge in [-0.1, -0.05) is 0 Å². The van der Waals surface area contributed by atoms with Gasteiger partial charge in [0.25, 0.3) is 5.91 Å². The van der Waals surface area contributed by atoms with Crippen molar-refractivity contribution in [1.29, 1.82) is 0 Å². The Bertz CT molecular complexity index is 459. The van der Waals surface area contributed by atoms with Crippen LogP contribution in [0.1, 0.15) is 43.6 Å². The van der Waals surface area contributed by atoms with E-state index in [2.05, 4.69) is 15.5 Å². The van der Waals surface area contributed by atoms with Gasteiger partial charge in [0.1, 0.15) is 5.82 Å². The van der Waals surface area contributed by atoms with Crippen molar-refractivity contribution in [3.8, 4) is 0 Å². The second-order valence-electron chi connectivity index (χ2n) is 5.48. The number of nitrogens with zero attached hydrogens (tertiary/aromatic N) is 3. The number of hydrogen-bond acceptors (Lipinski definition) is 5. The second-order valence-corrected chi connectivity index (χ2v) is 5.48. The first-order chi connectivity index (χ1) is 9.52. The largest absolute Gasteiger partial charge is 0.390 e. The zero-order valence-electron chi connectivity index (χ0n) is 12.1. The van der Waals surface area contributed by atoms with Crippen LogP contribution < -0.4 is 5.32 Å². The van der Waals surface area contributed by atoms with Crippen LogP contribution in [0.4, 0.5) is 5.82 Å². The normalized spacial score (nSPS) is 23.2. The minimum atomic E-state index is -0.671. The van der Waals surface area contributed by atoms with E-state index in [0.717, 1.165) is 19.4 Å². The van der Waals surface area contributed by atoms with E-state index in [0.29, 0.717) is 31.0 Å². The summed E-state index contributed by atoms with van der Waals surface area (Å²) in [6.07, 6.45) is 2.13. The van der Waals surface area contributed by atoms with Gasteiger partial charge in [0.15, 0.2) is 5.69 Å². The Kier molecular flexibility index (Phi) is 4.54. The number of aliphatic hydroxyl groups is 1. The van der Waals surface area contributed by atoms with Crippen molar-refractivity contribution in [2.24, 2.45) is 0 Å². The van der Waals surface area contributed by atoms with Crippen LogP contribution in [0.5, 0.6) is 0 Å². The van der Waals surface area contributed by atoms with Crippen molar-refractivity contribution in [2.45, 2.75) is 38.7 Å². The highest BCUT2D eigenvalue weighted by Crippen LogP contribution is 2.22. The quantitative estimate of drug-likeness (QED) is 0.871. The molecule has 1 amide bonds. The first kappa shape index (κ1) is 14.7. The minimum Gasteiger partial charge on any atom is -0.390 e. The standard InChI is InChI=1S/C14H22N4O2/c1-3-15-12-6-5-11(16-17-12)13(19)18-9-4-7-14(2,20)8-10-18/h5-6,20H,3-4,7-10H2,1-2H3,(H,15,17). The van der Waals surface area contributed by atoms with Gasteiger partial charge in [-0.3, -0.25) is 4.79 Å². The molecule has 1 unspecified atom stereocenters. The number of nitrogens with one attached hydrogen (secondary N) is 1. The van der Waals surface area contributed by atoms with Crippen LogP contribution >= 0.6 is 0 Å². The first-order valence-electron chi connectivity index (χ1n) is 7.11. The molecule has 1 aromatic rings. The molecule has 6 heteroatoms. The summed E-state index contributed by atoms with van der Waals surface area (Å²) in [5.41, 5.74) is -0.316. The highest BCUT2D eigenvalue weighted by atomic mass is 16.3. The lowest BCUT2D eigenvalue weighted by atomic mass is 9.98. The zero-order valence-corrected chi connectivity index (χ0v) is 12.1. The van der Waals surface area contributed by atoms with Gasteiger partial charge >= 0.3 is 0 Å². The van der Waals surface area contributed by atoms with Gasteiger partial charge in [0.2, 0.25) is 0 Å². The number of hydrogen-bond donors (Lipinski definition) is 2. The molecule has 2 rings (SSSR count). The number of carbonyl (C=O) groups is 1. The maximum Gasteiger partial charge on any atom is 0.274 e. The fraction of sp³-hybridized carbons (Fsp3) is 0.643. The molecule has 0 aromatic carbocycles. The van der Waals surface area contributed by atoms with Gasteiger partial charge < -0.3 is 15.3 Å². The van der Waals surface area contributed by atoms with Crippen LogP contribution in [0, 0.1) is 0 Å². The monoisotopic (exact) mass is 278 g/mol. The SMILES string of the molecule is CCNc1ccc(C(=O)N2CCCC(C)(O)CC2)nn1. The molecular formula is C14H22N4O2. The van der Waals surface area contributed by atoms with Gasteiger partial charge in [0.05, 0.1) is 5.60 Å². The topological polar surface area (TPSA) is 78.4 Å². The predicted molar refractivity (Wildman–Crippen MR) is 76.6 cm³/mol. The van der Waals surface area contributed by atoms with E-state index in [9.17, 15) is 9.90 Å². The van der Waals surface area contributed by atoms with Crippen LogP contribution in [0.3, 0.4) is 0 Å². The molecule has 6 nitrogen and oxygen atoms in total. The number of aromatic nitrogens is 2. The van der Waals surface area contributed by atoms with E-state index in [-0.39, 0.29) is 5.91 Å². The Labute approximate surface area is 119 Å². The fourth-order valence-electron chi connectivity index (χ4n) is 2.35. The number of amides is 1. The van der Waals surface area contributed by atoms with Gasteiger partial charge in [-0.15, -0.1) is 10.2 Å². The maximum absolute atomic E-state index is 12.4. The first-order valence-corrected chi connectivity index (χ1v) is 7.11. The van der Waals surface area contributed by atoms with Crippen LogP contribution in [-0.2, 0) is 0 Å². The molecule has 1 fully saturated rings. The van der Waals surface area contributed by atoms with Gasteiger partial charge in [-0.05, 0) is 45.2 Å². The summed E-state index contributed by atoms with van der Waals surface area (Å²) in [5, 5.41) is 21.0. The molecule has 1 aliphatic rings. The average molecular weight is 278 g/mol. The molecule has 1 aromatic heterocycles. The number of rotatable bonds is 3. The summed E-state index contributed by atoms with van der Waals surface area (Å²) in [7, 11) is 0. The van der Waals surface area contributed by atoms with Crippen molar-refractivity contribution in [3.05, 3.63) is 17.8 Å². The third kappa shape index (κ3) is 3.66. The maximum atomic E-state index is 12.4. The summed E-state index contributed by atoms with van der Waals surface area (Å²) in [4.78, 5) is 14.1. The third-order valence-corrected chi connectivity index (χ3v) is 3.59. The molecule has 2 N–H and O–H groups in total. The molecule has 1 saturated heterocycles. The Balaban J connectivity index is 2.03. The summed E-state index contributed by atoms with van der Waals surface area (Å²) in [5.74, 6) is 0.557. The highest BCUT2D eigenvalue weighted by molar-refractivity contribution is 5.92. The molecule has 20 heavy (non-hydrogen) atoms. The molecule has 0 saturated carbocycles. The Morgan fingerprint density at radius 3 is 2.85 bits per heavy atom. The average Bonchev–Trinajstić information content (AvgIpc) is 2.60. The van der Waals surface area contributed by atoms with Crippen molar-refractivity contribution in [3.63, 3.8) is 0 Å². The van der Waals surface area contributed by atoms with Gasteiger partial charge in [-0.25, -0.2) is 0 Å². The van der Waals surface area contributed by atoms with Gasteiger partial charge in [-0.2, -0.15) is 0 Å². The molecule has 0 spiro atoms. The lowest BCUT2D eigenvalue weighted by Crippen LogP contribution is -2.34. The van der Waals surface area contributed by atoms with Crippen molar-refractivity contribution in [2.75, 3.05) is 25.0 Å². The Morgan fingerprint density at radius 1 is 1.40 bits per heavy atom. The lowest BCUT2D eigenvalue weighted by Gasteiger charge is -2.22. The highest BCUT2D eigenvalue weighted by Gasteiger charge is 2.27. The Hall–Kier alpha value is -1.69. The van der Waals surface area contributed by atoms with E-state index in [4.69, 9.17) is 0 Å². The lowest BCUT2D eigenvalue weighted by molar-refractivity contribution is 0.0437. The summed E-state index contributed by atoms with van der Waals surface area (Å²) >= 11 is 0. The van der Waals surface area contributed by atoms with E-state index < -0.39 is 5.60 Å². The summed E-state index contributed by atoms with van der Waals surface area (Å²) in [6.45, 7) is 5.78. The fourth-order valence-corrected chi connectivity index (χ4v) is 2.35. The molecule has 0 radical (unpaired) electrons. The number of anilines is 1. The summed E-state index contributed by atoms with van der Waals surface area (Å²) < 4.78 is 0. The molecule has 1 atom stereocenters. The molecule has 2 heterocycles. The van der Waals surface area contributed by atoms with E-state index in [1.54, 1.807) is 17.0 Å². The van der Waals surface area contributed by atoms with Crippen molar-refractivity contribution < 1.29 is 9.90 Å². The predicted octanol–water partition coefficient (Wildman–Crippen LogP) is 1.29. The van der Waals surface area contributed by atoms with Crippen LogP contribution in [0.15, 0.2) is 12.1 Å². The van der Waals surface area contributed by atoms with Crippen LogP contribution in [0.2, 0.25) is 0 Å². The molecule has 0 bridgehead atoms. The van der Waals surface area contributed by atoms with Crippen molar-refractivity contribution >= 4 is 11.7 Å². The van der Waals surface area contributed by atoms with E-state index in [1.165, 1.54) is 0 Å². The second kappa shape index (κ2) is 6.17. The molecular weight excluding hydrogens is 256 g/mol. The van der Waals surface area contributed by atoms with E-state index >= 15 is 0 Å². The van der Waals surface area contributed by atoms with Crippen LogP contribution in [-0.4, -0.2) is 51.3 Å². The van der Waals surface area contributed by atoms with Crippen LogP contribution in [0.25, 0.3) is 0 Å². The smallest absolute Gasteiger partial charge is 0.274 e. The van der Waals surface area contributed by atoms with Gasteiger partial charge in [0, 0.05) is 19.6 Å². The molecule has 0 aliphatic carbocycles. The minimum absolute atomic E-state index is 0.113.